The average molecular weight is 332 g/mol. The lowest BCUT2D eigenvalue weighted by Crippen LogP contribution is -2.37. The average Bonchev–Trinajstić information content (AvgIpc) is 2.50. The molecule has 0 saturated heterocycles. The Kier molecular flexibility index (Phi) is 6.06. The Balaban J connectivity index is 2.07. The molecular formula is C18H22ClN3O. The molecule has 0 bridgehead atoms. The van der Waals surface area contributed by atoms with Crippen LogP contribution in [0.5, 0.6) is 0 Å². The molecule has 1 aromatic carbocycles. The van der Waals surface area contributed by atoms with Crippen LogP contribution in [-0.2, 0) is 4.79 Å². The Labute approximate surface area is 142 Å². The van der Waals surface area contributed by atoms with Gasteiger partial charge >= 0.3 is 0 Å². The first-order chi connectivity index (χ1) is 11.0. The third-order valence-electron chi connectivity index (χ3n) is 4.10. The Morgan fingerprint density at radius 1 is 1.30 bits per heavy atom. The van der Waals surface area contributed by atoms with E-state index >= 15 is 0 Å². The summed E-state index contributed by atoms with van der Waals surface area (Å²) in [4.78, 5) is 12.2. The fraction of sp³-hybridized carbons (Fsp3) is 0.444. The predicted molar refractivity (Wildman–Crippen MR) is 93.3 cm³/mol. The summed E-state index contributed by atoms with van der Waals surface area (Å²) in [5, 5.41) is 15.7. The van der Waals surface area contributed by atoms with E-state index in [4.69, 9.17) is 11.6 Å². The second kappa shape index (κ2) is 8.03. The van der Waals surface area contributed by atoms with Gasteiger partial charge in [0.2, 0.25) is 0 Å². The summed E-state index contributed by atoms with van der Waals surface area (Å²) in [5.41, 5.74) is 2.82. The van der Waals surface area contributed by atoms with Crippen molar-refractivity contribution >= 4 is 23.2 Å². The van der Waals surface area contributed by atoms with E-state index in [0.717, 1.165) is 42.5 Å². The van der Waals surface area contributed by atoms with Crippen LogP contribution in [0.1, 0.15) is 43.2 Å². The van der Waals surface area contributed by atoms with Crippen LogP contribution in [0.2, 0.25) is 5.02 Å². The number of anilines is 1. The van der Waals surface area contributed by atoms with E-state index in [2.05, 4.69) is 10.6 Å². The molecule has 5 heteroatoms. The van der Waals surface area contributed by atoms with Gasteiger partial charge in [-0.2, -0.15) is 5.26 Å². The number of aryl methyl sites for hydroxylation is 2. The maximum absolute atomic E-state index is 12.2. The minimum Gasteiger partial charge on any atom is -0.359 e. The lowest BCUT2D eigenvalue weighted by atomic mass is 9.95. The zero-order valence-electron chi connectivity index (χ0n) is 13.6. The van der Waals surface area contributed by atoms with Gasteiger partial charge in [-0.15, -0.1) is 0 Å². The van der Waals surface area contributed by atoms with E-state index in [1.165, 1.54) is 12.6 Å². The summed E-state index contributed by atoms with van der Waals surface area (Å²) in [6, 6.07) is 5.98. The van der Waals surface area contributed by atoms with Gasteiger partial charge in [0, 0.05) is 12.2 Å². The smallest absolute Gasteiger partial charge is 0.263 e. The first-order valence-electron chi connectivity index (χ1n) is 7.95. The fourth-order valence-corrected chi connectivity index (χ4v) is 3.28. The van der Waals surface area contributed by atoms with E-state index in [-0.39, 0.29) is 17.5 Å². The van der Waals surface area contributed by atoms with Crippen molar-refractivity contribution in [2.45, 2.75) is 52.0 Å². The number of carbonyl (C=O) groups is 1. The lowest BCUT2D eigenvalue weighted by molar-refractivity contribution is -0.118. The highest BCUT2D eigenvalue weighted by molar-refractivity contribution is 6.33. The molecule has 4 nitrogen and oxygen atoms in total. The van der Waals surface area contributed by atoms with E-state index in [1.54, 1.807) is 0 Å². The van der Waals surface area contributed by atoms with Crippen LogP contribution >= 0.6 is 11.6 Å². The first-order valence-corrected chi connectivity index (χ1v) is 8.33. The van der Waals surface area contributed by atoms with E-state index in [9.17, 15) is 10.1 Å². The molecule has 0 radical (unpaired) electrons. The summed E-state index contributed by atoms with van der Waals surface area (Å²) in [6.45, 7) is 3.90. The molecule has 0 heterocycles. The second-order valence-electron chi connectivity index (χ2n) is 6.06. The van der Waals surface area contributed by atoms with Crippen molar-refractivity contribution in [1.29, 1.82) is 5.26 Å². The van der Waals surface area contributed by atoms with Gasteiger partial charge in [-0.25, -0.2) is 0 Å². The molecule has 1 aliphatic carbocycles. The second-order valence-corrected chi connectivity index (χ2v) is 6.47. The highest BCUT2D eigenvalue weighted by Gasteiger charge is 2.18. The molecule has 23 heavy (non-hydrogen) atoms. The highest BCUT2D eigenvalue weighted by Crippen LogP contribution is 2.27. The summed E-state index contributed by atoms with van der Waals surface area (Å²) >= 11 is 6.22. The maximum Gasteiger partial charge on any atom is 0.263 e. The molecule has 0 aliphatic heterocycles. The third kappa shape index (κ3) is 4.74. The van der Waals surface area contributed by atoms with E-state index in [1.807, 2.05) is 32.0 Å². The van der Waals surface area contributed by atoms with Gasteiger partial charge in [0.1, 0.15) is 11.6 Å². The quantitative estimate of drug-likeness (QED) is 0.641. The fourth-order valence-electron chi connectivity index (χ4n) is 2.90. The maximum atomic E-state index is 12.2. The minimum atomic E-state index is -0.326. The van der Waals surface area contributed by atoms with Gasteiger partial charge in [0.15, 0.2) is 0 Å². The van der Waals surface area contributed by atoms with Crippen molar-refractivity contribution in [3.05, 3.63) is 40.1 Å². The molecule has 0 unspecified atom stereocenters. The monoisotopic (exact) mass is 331 g/mol. The summed E-state index contributed by atoms with van der Waals surface area (Å²) in [7, 11) is 0. The number of nitrogens with zero attached hydrogens (tertiary/aromatic N) is 1. The number of halogens is 1. The minimum absolute atomic E-state index is 0.0617. The normalized spacial score (nSPS) is 15.8. The van der Waals surface area contributed by atoms with Gasteiger partial charge in [-0.3, -0.25) is 4.79 Å². The predicted octanol–water partition coefficient (Wildman–Crippen LogP) is 4.23. The first kappa shape index (κ1) is 17.4. The van der Waals surface area contributed by atoms with Crippen LogP contribution in [0.3, 0.4) is 0 Å². The zero-order chi connectivity index (χ0) is 16.8. The summed E-state index contributed by atoms with van der Waals surface area (Å²) < 4.78 is 0. The van der Waals surface area contributed by atoms with Crippen LogP contribution in [0, 0.1) is 25.2 Å². The number of hydrogen-bond donors (Lipinski definition) is 2. The van der Waals surface area contributed by atoms with Crippen molar-refractivity contribution in [3.8, 4) is 6.07 Å². The molecule has 0 aromatic heterocycles. The number of carbonyl (C=O) groups excluding carboxylic acids is 1. The SMILES string of the molecule is Cc1cc(C)c(N/C=C(/C#N)C(=O)NC2CCCCC2)c(Cl)c1. The van der Waals surface area contributed by atoms with Gasteiger partial charge < -0.3 is 10.6 Å². The number of nitriles is 1. The largest absolute Gasteiger partial charge is 0.359 e. The van der Waals surface area contributed by atoms with E-state index in [0.29, 0.717) is 5.02 Å². The van der Waals surface area contributed by atoms with Crippen LogP contribution in [-0.4, -0.2) is 11.9 Å². The molecular weight excluding hydrogens is 310 g/mol. The molecule has 1 fully saturated rings. The number of amides is 1. The van der Waals surface area contributed by atoms with Crippen molar-refractivity contribution in [1.82, 2.24) is 5.32 Å². The van der Waals surface area contributed by atoms with E-state index < -0.39 is 0 Å². The molecule has 2 N–H and O–H groups in total. The van der Waals surface area contributed by atoms with Crippen LogP contribution < -0.4 is 10.6 Å². The summed E-state index contributed by atoms with van der Waals surface area (Å²) in [6.07, 6.45) is 6.89. The van der Waals surface area contributed by atoms with Crippen LogP contribution in [0.4, 0.5) is 5.69 Å². The van der Waals surface area contributed by atoms with Crippen molar-refractivity contribution in [2.75, 3.05) is 5.32 Å². The Bertz CT molecular complexity index is 632. The molecule has 1 aliphatic rings. The molecule has 122 valence electrons. The van der Waals surface area contributed by atoms with Crippen LogP contribution in [0.25, 0.3) is 0 Å². The molecule has 0 atom stereocenters. The Hall–Kier alpha value is -1.99. The molecule has 1 aromatic rings. The molecule has 0 spiro atoms. The lowest BCUT2D eigenvalue weighted by Gasteiger charge is -2.22. The van der Waals surface area contributed by atoms with Gasteiger partial charge in [0.25, 0.3) is 5.91 Å². The molecule has 1 saturated carbocycles. The number of rotatable bonds is 4. The Morgan fingerprint density at radius 2 is 2.00 bits per heavy atom. The third-order valence-corrected chi connectivity index (χ3v) is 4.40. The zero-order valence-corrected chi connectivity index (χ0v) is 14.3. The highest BCUT2D eigenvalue weighted by atomic mass is 35.5. The van der Waals surface area contributed by atoms with Gasteiger partial charge in [-0.1, -0.05) is 36.9 Å². The molecule has 1 amide bonds. The van der Waals surface area contributed by atoms with Crippen LogP contribution in [0.15, 0.2) is 23.9 Å². The molecule has 2 rings (SSSR count). The Morgan fingerprint density at radius 3 is 2.61 bits per heavy atom. The topological polar surface area (TPSA) is 64.9 Å². The standard InChI is InChI=1S/C18H22ClN3O/c1-12-8-13(2)17(16(19)9-12)21-11-14(10-20)18(23)22-15-6-4-3-5-7-15/h8-9,11,15,21H,3-7H2,1-2H3,(H,22,23)/b14-11-. The summed E-state index contributed by atoms with van der Waals surface area (Å²) in [5.74, 6) is -0.326. The van der Waals surface area contributed by atoms with Crippen molar-refractivity contribution in [3.63, 3.8) is 0 Å². The van der Waals surface area contributed by atoms with Gasteiger partial charge in [0.05, 0.1) is 10.7 Å². The van der Waals surface area contributed by atoms with Crippen molar-refractivity contribution < 1.29 is 4.79 Å². The van der Waals surface area contributed by atoms with Crippen molar-refractivity contribution in [2.24, 2.45) is 0 Å². The number of benzene rings is 1. The van der Waals surface area contributed by atoms with Gasteiger partial charge in [-0.05, 0) is 43.9 Å². The number of hydrogen-bond acceptors (Lipinski definition) is 3. The number of nitrogens with one attached hydrogen (secondary N) is 2.